The highest BCUT2D eigenvalue weighted by Gasteiger charge is 2.19. The van der Waals surface area contributed by atoms with Crippen LogP contribution in [-0.2, 0) is 4.79 Å². The topological polar surface area (TPSA) is 65.2 Å². The number of benzene rings is 2. The minimum absolute atomic E-state index is 0.343. The molecule has 4 nitrogen and oxygen atoms in total. The fourth-order valence-electron chi connectivity index (χ4n) is 1.71. The molecule has 0 aromatic heterocycles. The molecule has 1 atom stereocenters. The van der Waals surface area contributed by atoms with Gasteiger partial charge in [0.25, 0.3) is 5.91 Å². The van der Waals surface area contributed by atoms with Gasteiger partial charge < -0.3 is 0 Å². The molecule has 5 heteroatoms. The first-order valence-electron chi connectivity index (χ1n) is 6.24. The molecule has 0 aliphatic rings. The first-order valence-corrected chi connectivity index (χ1v) is 6.24. The third-order valence-electron chi connectivity index (χ3n) is 2.78. The molecule has 104 valence electrons. The van der Waals surface area contributed by atoms with Crippen LogP contribution in [0.3, 0.4) is 0 Å². The molecular formula is C16H12FN3O. The lowest BCUT2D eigenvalue weighted by atomic mass is 10.0. The van der Waals surface area contributed by atoms with E-state index in [-0.39, 0.29) is 5.82 Å². The maximum absolute atomic E-state index is 12.7. The highest BCUT2D eigenvalue weighted by molar-refractivity contribution is 5.88. The van der Waals surface area contributed by atoms with Gasteiger partial charge in [0.15, 0.2) is 5.92 Å². The molecule has 2 aromatic rings. The number of nitrogens with one attached hydrogen (secondary N) is 1. The number of hydrogen-bond acceptors (Lipinski definition) is 3. The third kappa shape index (κ3) is 3.98. The number of nitriles is 1. The average Bonchev–Trinajstić information content (AvgIpc) is 2.51. The largest absolute Gasteiger partial charge is 0.271 e. The van der Waals surface area contributed by atoms with Gasteiger partial charge in [0.1, 0.15) is 5.82 Å². The maximum Gasteiger partial charge on any atom is 0.261 e. The number of hydrogen-bond donors (Lipinski definition) is 1. The van der Waals surface area contributed by atoms with Gasteiger partial charge in [-0.25, -0.2) is 9.82 Å². The van der Waals surface area contributed by atoms with Crippen LogP contribution in [0.4, 0.5) is 4.39 Å². The smallest absolute Gasteiger partial charge is 0.261 e. The summed E-state index contributed by atoms with van der Waals surface area (Å²) in [6.45, 7) is 0. The van der Waals surface area contributed by atoms with E-state index in [1.165, 1.54) is 30.5 Å². The summed E-state index contributed by atoms with van der Waals surface area (Å²) in [5.74, 6) is -1.77. The molecule has 0 saturated heterocycles. The second kappa shape index (κ2) is 6.96. The molecule has 2 rings (SSSR count). The molecule has 1 amide bonds. The minimum atomic E-state index is -0.920. The van der Waals surface area contributed by atoms with E-state index in [4.69, 9.17) is 5.26 Å². The summed E-state index contributed by atoms with van der Waals surface area (Å²) in [5.41, 5.74) is 3.56. The van der Waals surface area contributed by atoms with Crippen LogP contribution in [-0.4, -0.2) is 12.1 Å². The molecule has 0 fully saturated rings. The van der Waals surface area contributed by atoms with Gasteiger partial charge in [0.05, 0.1) is 12.3 Å². The van der Waals surface area contributed by atoms with E-state index in [1.54, 1.807) is 24.3 Å². The van der Waals surface area contributed by atoms with Gasteiger partial charge in [-0.15, -0.1) is 0 Å². The molecule has 0 unspecified atom stereocenters. The van der Waals surface area contributed by atoms with E-state index in [9.17, 15) is 9.18 Å². The Morgan fingerprint density at radius 3 is 2.48 bits per heavy atom. The molecule has 0 aliphatic carbocycles. The van der Waals surface area contributed by atoms with Gasteiger partial charge in [-0.3, -0.25) is 4.79 Å². The molecule has 0 radical (unpaired) electrons. The summed E-state index contributed by atoms with van der Waals surface area (Å²) < 4.78 is 12.7. The summed E-state index contributed by atoms with van der Waals surface area (Å²) >= 11 is 0. The van der Waals surface area contributed by atoms with E-state index in [0.717, 1.165) is 0 Å². The Kier molecular flexibility index (Phi) is 4.78. The number of rotatable bonds is 4. The molecule has 1 N–H and O–H groups in total. The van der Waals surface area contributed by atoms with E-state index in [0.29, 0.717) is 11.1 Å². The van der Waals surface area contributed by atoms with Crippen LogP contribution in [0.2, 0.25) is 0 Å². The third-order valence-corrected chi connectivity index (χ3v) is 2.78. The van der Waals surface area contributed by atoms with Crippen molar-refractivity contribution in [2.75, 3.05) is 0 Å². The lowest BCUT2D eigenvalue weighted by Gasteiger charge is -2.06. The van der Waals surface area contributed by atoms with Gasteiger partial charge in [-0.1, -0.05) is 42.5 Å². The zero-order valence-electron chi connectivity index (χ0n) is 11.0. The molecule has 0 bridgehead atoms. The molecular weight excluding hydrogens is 269 g/mol. The Bertz CT molecular complexity index is 675. The summed E-state index contributed by atoms with van der Waals surface area (Å²) in [7, 11) is 0. The molecule has 0 aliphatic heterocycles. The molecule has 0 spiro atoms. The number of nitrogens with zero attached hydrogens (tertiary/aromatic N) is 2. The molecule has 0 heterocycles. The van der Waals surface area contributed by atoms with Gasteiger partial charge in [0, 0.05) is 0 Å². The Hall–Kier alpha value is -3.00. The van der Waals surface area contributed by atoms with Crippen molar-refractivity contribution in [3.05, 3.63) is 71.5 Å². The standard InChI is InChI=1S/C16H12FN3O/c17-14-8-6-12(7-9-14)11-19-20-16(21)15(10-18)13-4-2-1-3-5-13/h1-9,11,15H,(H,20,21)/b19-11-/t15-/m1/s1. The minimum Gasteiger partial charge on any atom is -0.271 e. The van der Waals surface area contributed by atoms with E-state index < -0.39 is 11.8 Å². The van der Waals surface area contributed by atoms with Crippen molar-refractivity contribution < 1.29 is 9.18 Å². The highest BCUT2D eigenvalue weighted by Crippen LogP contribution is 2.14. The van der Waals surface area contributed by atoms with Crippen molar-refractivity contribution in [1.82, 2.24) is 5.43 Å². The van der Waals surface area contributed by atoms with Crippen molar-refractivity contribution in [3.8, 4) is 6.07 Å². The van der Waals surface area contributed by atoms with Crippen LogP contribution >= 0.6 is 0 Å². The second-order valence-electron chi connectivity index (χ2n) is 4.26. The van der Waals surface area contributed by atoms with Gasteiger partial charge >= 0.3 is 0 Å². The van der Waals surface area contributed by atoms with Crippen molar-refractivity contribution in [2.24, 2.45) is 5.10 Å². The van der Waals surface area contributed by atoms with Crippen LogP contribution in [0.5, 0.6) is 0 Å². The van der Waals surface area contributed by atoms with Crippen molar-refractivity contribution in [2.45, 2.75) is 5.92 Å². The van der Waals surface area contributed by atoms with E-state index in [2.05, 4.69) is 10.5 Å². The Labute approximate surface area is 121 Å². The monoisotopic (exact) mass is 281 g/mol. The second-order valence-corrected chi connectivity index (χ2v) is 4.26. The predicted octanol–water partition coefficient (Wildman–Crippen LogP) is 2.58. The average molecular weight is 281 g/mol. The van der Waals surface area contributed by atoms with Gasteiger partial charge in [-0.05, 0) is 23.3 Å². The first-order chi connectivity index (χ1) is 10.2. The highest BCUT2D eigenvalue weighted by atomic mass is 19.1. The maximum atomic E-state index is 12.7. The number of carbonyl (C=O) groups is 1. The Morgan fingerprint density at radius 1 is 1.19 bits per heavy atom. The van der Waals surface area contributed by atoms with Crippen LogP contribution in [0.25, 0.3) is 0 Å². The van der Waals surface area contributed by atoms with Crippen molar-refractivity contribution in [3.63, 3.8) is 0 Å². The molecule has 0 saturated carbocycles. The van der Waals surface area contributed by atoms with E-state index in [1.807, 2.05) is 12.1 Å². The Morgan fingerprint density at radius 2 is 1.86 bits per heavy atom. The lowest BCUT2D eigenvalue weighted by molar-refractivity contribution is -0.121. The van der Waals surface area contributed by atoms with Crippen LogP contribution in [0.15, 0.2) is 59.7 Å². The Balaban J connectivity index is 2.01. The zero-order valence-corrected chi connectivity index (χ0v) is 11.0. The zero-order chi connectivity index (χ0) is 15.1. The summed E-state index contributed by atoms with van der Waals surface area (Å²) in [4.78, 5) is 11.9. The molecule has 21 heavy (non-hydrogen) atoms. The fraction of sp³-hybridized carbons (Fsp3) is 0.0625. The fourth-order valence-corrected chi connectivity index (χ4v) is 1.71. The summed E-state index contributed by atoms with van der Waals surface area (Å²) in [5, 5.41) is 12.9. The number of amides is 1. The summed E-state index contributed by atoms with van der Waals surface area (Å²) in [6.07, 6.45) is 1.39. The molecule has 2 aromatic carbocycles. The summed E-state index contributed by atoms with van der Waals surface area (Å²) in [6, 6.07) is 16.3. The van der Waals surface area contributed by atoms with Crippen LogP contribution in [0.1, 0.15) is 17.0 Å². The van der Waals surface area contributed by atoms with Gasteiger partial charge in [0.2, 0.25) is 0 Å². The van der Waals surface area contributed by atoms with Crippen LogP contribution in [0, 0.1) is 17.1 Å². The number of hydrazone groups is 1. The number of halogens is 1. The first kappa shape index (κ1) is 14.4. The number of carbonyl (C=O) groups excluding carboxylic acids is 1. The van der Waals surface area contributed by atoms with Crippen LogP contribution < -0.4 is 5.43 Å². The van der Waals surface area contributed by atoms with Gasteiger partial charge in [-0.2, -0.15) is 10.4 Å². The van der Waals surface area contributed by atoms with Crippen molar-refractivity contribution >= 4 is 12.1 Å². The quantitative estimate of drug-likeness (QED) is 0.691. The van der Waals surface area contributed by atoms with E-state index >= 15 is 0 Å². The normalized spacial score (nSPS) is 11.8. The predicted molar refractivity (Wildman–Crippen MR) is 76.9 cm³/mol. The van der Waals surface area contributed by atoms with Crippen molar-refractivity contribution in [1.29, 1.82) is 5.26 Å². The SMILES string of the molecule is N#C[C@@H](C(=O)N/N=C\c1ccc(F)cc1)c1ccccc1. The lowest BCUT2D eigenvalue weighted by Crippen LogP contribution is -2.24.